The van der Waals surface area contributed by atoms with Gasteiger partial charge in [0.25, 0.3) is 0 Å². The predicted octanol–water partition coefficient (Wildman–Crippen LogP) is 1.81. The molecule has 0 aliphatic heterocycles. The number of hydrogen-bond acceptors (Lipinski definition) is 4. The third-order valence-electron chi connectivity index (χ3n) is 2.49. The molecule has 16 heavy (non-hydrogen) atoms. The van der Waals surface area contributed by atoms with Crippen molar-refractivity contribution in [2.24, 2.45) is 0 Å². The normalized spacial score (nSPS) is 11.2. The Morgan fingerprint density at radius 3 is 2.94 bits per heavy atom. The smallest absolute Gasteiger partial charge is 0.0587 e. The number of nitrogens with zero attached hydrogens (tertiary/aromatic N) is 1. The molecule has 0 aromatic carbocycles. The van der Waals surface area contributed by atoms with Crippen LogP contribution in [0.25, 0.3) is 0 Å². The molecule has 0 aliphatic carbocycles. The number of ether oxygens (including phenoxy) is 1. The van der Waals surface area contributed by atoms with Gasteiger partial charge in [-0.05, 0) is 18.0 Å². The number of methoxy groups -OCH3 is 1. The maximum atomic E-state index is 4.99. The van der Waals surface area contributed by atoms with E-state index in [1.165, 1.54) is 4.88 Å². The number of nitrogens with one attached hydrogen (secondary N) is 1. The average Bonchev–Trinajstić information content (AvgIpc) is 2.80. The molecule has 92 valence electrons. The van der Waals surface area contributed by atoms with Gasteiger partial charge in [-0.3, -0.25) is 4.90 Å². The van der Waals surface area contributed by atoms with E-state index in [0.717, 1.165) is 39.3 Å². The lowest BCUT2D eigenvalue weighted by Gasteiger charge is -2.19. The van der Waals surface area contributed by atoms with Crippen LogP contribution in [0.15, 0.2) is 17.5 Å². The molecule has 1 heterocycles. The lowest BCUT2D eigenvalue weighted by molar-refractivity contribution is 0.196. The average molecular weight is 242 g/mol. The molecule has 0 aliphatic rings. The molecule has 0 radical (unpaired) electrons. The maximum Gasteiger partial charge on any atom is 0.0587 e. The van der Waals surface area contributed by atoms with Crippen molar-refractivity contribution >= 4 is 11.3 Å². The molecule has 0 fully saturated rings. The van der Waals surface area contributed by atoms with Crippen LogP contribution in [-0.2, 0) is 11.3 Å². The van der Waals surface area contributed by atoms with Crippen molar-refractivity contribution in [1.82, 2.24) is 10.2 Å². The molecule has 0 saturated heterocycles. The highest BCUT2D eigenvalue weighted by Crippen LogP contribution is 2.11. The van der Waals surface area contributed by atoms with Crippen molar-refractivity contribution in [3.63, 3.8) is 0 Å². The van der Waals surface area contributed by atoms with Crippen molar-refractivity contribution in [1.29, 1.82) is 0 Å². The summed E-state index contributed by atoms with van der Waals surface area (Å²) in [5.41, 5.74) is 0. The second-order valence-corrected chi connectivity index (χ2v) is 4.72. The van der Waals surface area contributed by atoms with Gasteiger partial charge in [0.05, 0.1) is 6.61 Å². The van der Waals surface area contributed by atoms with Gasteiger partial charge in [0, 0.05) is 38.2 Å². The zero-order valence-electron chi connectivity index (χ0n) is 10.2. The van der Waals surface area contributed by atoms with Gasteiger partial charge >= 0.3 is 0 Å². The molecule has 0 amide bonds. The van der Waals surface area contributed by atoms with E-state index in [1.54, 1.807) is 7.11 Å². The molecule has 1 N–H and O–H groups in total. The van der Waals surface area contributed by atoms with Crippen molar-refractivity contribution in [2.45, 2.75) is 13.5 Å². The molecule has 0 spiro atoms. The van der Waals surface area contributed by atoms with Crippen LogP contribution >= 0.6 is 11.3 Å². The Bertz CT molecular complexity index is 252. The highest BCUT2D eigenvalue weighted by atomic mass is 32.1. The number of hydrogen-bond donors (Lipinski definition) is 1. The topological polar surface area (TPSA) is 24.5 Å². The summed E-state index contributed by atoms with van der Waals surface area (Å²) in [7, 11) is 1.73. The van der Waals surface area contributed by atoms with Crippen molar-refractivity contribution < 1.29 is 4.74 Å². The third kappa shape index (κ3) is 5.61. The molecule has 1 rings (SSSR count). The summed E-state index contributed by atoms with van der Waals surface area (Å²) in [6.45, 7) is 8.23. The van der Waals surface area contributed by atoms with Gasteiger partial charge in [0.1, 0.15) is 0 Å². The second-order valence-electron chi connectivity index (χ2n) is 3.69. The van der Waals surface area contributed by atoms with Gasteiger partial charge in [-0.25, -0.2) is 0 Å². The minimum absolute atomic E-state index is 0.789. The van der Waals surface area contributed by atoms with Crippen molar-refractivity contribution in [3.8, 4) is 0 Å². The summed E-state index contributed by atoms with van der Waals surface area (Å²) in [5, 5.41) is 5.51. The predicted molar refractivity (Wildman–Crippen MR) is 70.0 cm³/mol. The van der Waals surface area contributed by atoms with Crippen LogP contribution in [0.2, 0.25) is 0 Å². The number of likely N-dealkylation sites (N-methyl/N-ethyl adjacent to an activating group) is 1. The maximum absolute atomic E-state index is 4.99. The first-order valence-electron chi connectivity index (χ1n) is 5.81. The molecule has 1 aromatic heterocycles. The lowest BCUT2D eigenvalue weighted by atomic mass is 10.4. The zero-order chi connectivity index (χ0) is 11.6. The van der Waals surface area contributed by atoms with Crippen molar-refractivity contribution in [2.75, 3.05) is 39.9 Å². The Kier molecular flexibility index (Phi) is 7.42. The monoisotopic (exact) mass is 242 g/mol. The first-order valence-corrected chi connectivity index (χ1v) is 6.69. The van der Waals surface area contributed by atoms with Gasteiger partial charge < -0.3 is 10.1 Å². The summed E-state index contributed by atoms with van der Waals surface area (Å²) in [6, 6.07) is 4.32. The van der Waals surface area contributed by atoms with Crippen LogP contribution in [0.4, 0.5) is 0 Å². The van der Waals surface area contributed by atoms with Gasteiger partial charge in [-0.15, -0.1) is 11.3 Å². The Balaban J connectivity index is 2.12. The van der Waals surface area contributed by atoms with E-state index in [0.29, 0.717) is 0 Å². The molecule has 0 atom stereocenters. The van der Waals surface area contributed by atoms with E-state index in [9.17, 15) is 0 Å². The van der Waals surface area contributed by atoms with E-state index in [4.69, 9.17) is 4.74 Å². The molecule has 3 nitrogen and oxygen atoms in total. The third-order valence-corrected chi connectivity index (χ3v) is 3.36. The molecule has 0 unspecified atom stereocenters. The van der Waals surface area contributed by atoms with Crippen molar-refractivity contribution in [3.05, 3.63) is 22.4 Å². The van der Waals surface area contributed by atoms with E-state index in [-0.39, 0.29) is 0 Å². The Hall–Kier alpha value is -0.420. The van der Waals surface area contributed by atoms with E-state index in [2.05, 4.69) is 34.7 Å². The summed E-state index contributed by atoms with van der Waals surface area (Å²) in [6.07, 6.45) is 0. The van der Waals surface area contributed by atoms with Crippen LogP contribution in [-0.4, -0.2) is 44.8 Å². The quantitative estimate of drug-likeness (QED) is 0.668. The van der Waals surface area contributed by atoms with Crippen LogP contribution < -0.4 is 5.32 Å². The molecular formula is C12H22N2OS. The van der Waals surface area contributed by atoms with Crippen LogP contribution in [0.1, 0.15) is 11.8 Å². The fourth-order valence-corrected chi connectivity index (χ4v) is 2.25. The van der Waals surface area contributed by atoms with Crippen LogP contribution in [0.3, 0.4) is 0 Å². The van der Waals surface area contributed by atoms with E-state index < -0.39 is 0 Å². The van der Waals surface area contributed by atoms with Gasteiger partial charge in [0.2, 0.25) is 0 Å². The fraction of sp³-hybridized carbons (Fsp3) is 0.667. The summed E-state index contributed by atoms with van der Waals surface area (Å²) < 4.78 is 4.99. The summed E-state index contributed by atoms with van der Waals surface area (Å²) >= 11 is 1.83. The number of thiophene rings is 1. The SMILES string of the molecule is CCN(CCNCCOC)Cc1cccs1. The van der Waals surface area contributed by atoms with Crippen LogP contribution in [0, 0.1) is 0 Å². The largest absolute Gasteiger partial charge is 0.383 e. The first-order chi connectivity index (χ1) is 7.86. The summed E-state index contributed by atoms with van der Waals surface area (Å²) in [5.74, 6) is 0. The molecule has 1 aromatic rings. The van der Waals surface area contributed by atoms with Gasteiger partial charge in [-0.2, -0.15) is 0 Å². The minimum Gasteiger partial charge on any atom is -0.383 e. The zero-order valence-corrected chi connectivity index (χ0v) is 11.1. The number of rotatable bonds is 9. The Morgan fingerprint density at radius 1 is 1.44 bits per heavy atom. The Labute approximate surface area is 102 Å². The second kappa shape index (κ2) is 8.70. The lowest BCUT2D eigenvalue weighted by Crippen LogP contribution is -2.32. The summed E-state index contributed by atoms with van der Waals surface area (Å²) in [4.78, 5) is 3.89. The van der Waals surface area contributed by atoms with E-state index >= 15 is 0 Å². The fourth-order valence-electron chi connectivity index (χ4n) is 1.51. The minimum atomic E-state index is 0.789. The molecule has 0 bridgehead atoms. The van der Waals surface area contributed by atoms with Gasteiger partial charge in [-0.1, -0.05) is 13.0 Å². The van der Waals surface area contributed by atoms with E-state index in [1.807, 2.05) is 11.3 Å². The molecule has 0 saturated carbocycles. The van der Waals surface area contributed by atoms with Crippen LogP contribution in [0.5, 0.6) is 0 Å². The molecule has 4 heteroatoms. The van der Waals surface area contributed by atoms with Gasteiger partial charge in [0.15, 0.2) is 0 Å². The molecular weight excluding hydrogens is 220 g/mol. The Morgan fingerprint density at radius 2 is 2.31 bits per heavy atom. The highest BCUT2D eigenvalue weighted by Gasteiger charge is 2.03. The standard InChI is InChI=1S/C12H22N2OS/c1-3-14(8-6-13-7-9-15-2)11-12-5-4-10-16-12/h4-5,10,13H,3,6-9,11H2,1-2H3. The highest BCUT2D eigenvalue weighted by molar-refractivity contribution is 7.09. The first kappa shape index (κ1) is 13.6.